The number of amides is 2. The fourth-order valence-electron chi connectivity index (χ4n) is 3.49. The number of hydrogen-bond donors (Lipinski definition) is 2. The molecule has 3 rings (SSSR count). The Bertz CT molecular complexity index is 1240. The molecule has 2 aromatic carbocycles. The van der Waals surface area contributed by atoms with E-state index in [-0.39, 0.29) is 36.7 Å². The molecule has 0 aliphatic carbocycles. The highest BCUT2D eigenvalue weighted by molar-refractivity contribution is 7.18. The van der Waals surface area contributed by atoms with Gasteiger partial charge in [0.05, 0.1) is 13.2 Å². The number of esters is 1. The lowest BCUT2D eigenvalue weighted by molar-refractivity contribution is -0.140. The topological polar surface area (TPSA) is 123 Å². The van der Waals surface area contributed by atoms with Crippen LogP contribution in [0.3, 0.4) is 0 Å². The van der Waals surface area contributed by atoms with Crippen LogP contribution in [0.15, 0.2) is 48.5 Å². The molecule has 0 aliphatic rings. The SMILES string of the molecule is COC(=O)CCC[C@@H](COC(=O)Nc1nnc(-c2ccccc2)s1)N(NCc1cccc(F)c1F)C(C)=O. The van der Waals surface area contributed by atoms with E-state index in [1.165, 1.54) is 31.2 Å². The van der Waals surface area contributed by atoms with Crippen molar-refractivity contribution < 1.29 is 32.6 Å². The smallest absolute Gasteiger partial charge is 0.413 e. The van der Waals surface area contributed by atoms with Crippen molar-refractivity contribution in [3.8, 4) is 10.6 Å². The van der Waals surface area contributed by atoms with E-state index in [2.05, 4.69) is 25.7 Å². The lowest BCUT2D eigenvalue weighted by Crippen LogP contribution is -2.50. The Hall–Kier alpha value is -3.97. The Kier molecular flexibility index (Phi) is 10.6. The first-order valence-corrected chi connectivity index (χ1v) is 12.5. The van der Waals surface area contributed by atoms with Crippen LogP contribution in [0.25, 0.3) is 10.6 Å². The van der Waals surface area contributed by atoms with Crippen LogP contribution in [0.2, 0.25) is 0 Å². The van der Waals surface area contributed by atoms with Crippen LogP contribution in [0.1, 0.15) is 31.7 Å². The van der Waals surface area contributed by atoms with Gasteiger partial charge in [0, 0.05) is 31.0 Å². The number of hydrogen-bond acceptors (Lipinski definition) is 9. The van der Waals surface area contributed by atoms with Gasteiger partial charge >= 0.3 is 12.1 Å². The predicted molar refractivity (Wildman–Crippen MR) is 136 cm³/mol. The van der Waals surface area contributed by atoms with Gasteiger partial charge in [-0.1, -0.05) is 53.8 Å². The molecule has 1 heterocycles. The summed E-state index contributed by atoms with van der Waals surface area (Å²) in [5.74, 6) is -2.93. The van der Waals surface area contributed by atoms with E-state index in [4.69, 9.17) is 4.74 Å². The zero-order valence-electron chi connectivity index (χ0n) is 20.8. The molecule has 0 saturated carbocycles. The van der Waals surface area contributed by atoms with Gasteiger partial charge in [0.25, 0.3) is 0 Å². The first-order chi connectivity index (χ1) is 18.3. The molecular formula is C25H27F2N5O5S. The highest BCUT2D eigenvalue weighted by Crippen LogP contribution is 2.26. The summed E-state index contributed by atoms with van der Waals surface area (Å²) in [6.45, 7) is 0.820. The molecule has 0 radical (unpaired) electrons. The summed E-state index contributed by atoms with van der Waals surface area (Å²) >= 11 is 1.16. The second kappa shape index (κ2) is 14.1. The minimum absolute atomic E-state index is 0.00807. The van der Waals surface area contributed by atoms with Gasteiger partial charge in [-0.15, -0.1) is 10.2 Å². The summed E-state index contributed by atoms with van der Waals surface area (Å²) < 4.78 is 37.7. The minimum Gasteiger partial charge on any atom is -0.469 e. The average Bonchev–Trinajstić information content (AvgIpc) is 3.37. The highest BCUT2D eigenvalue weighted by atomic mass is 32.1. The highest BCUT2D eigenvalue weighted by Gasteiger charge is 2.24. The van der Waals surface area contributed by atoms with Crippen LogP contribution in [0.4, 0.5) is 18.7 Å². The summed E-state index contributed by atoms with van der Waals surface area (Å²) in [6, 6.07) is 12.3. The molecule has 38 heavy (non-hydrogen) atoms. The Labute approximate surface area is 221 Å². The Morgan fingerprint density at radius 1 is 1.08 bits per heavy atom. The number of anilines is 1. The lowest BCUT2D eigenvalue weighted by atomic mass is 10.1. The predicted octanol–water partition coefficient (Wildman–Crippen LogP) is 4.30. The van der Waals surface area contributed by atoms with E-state index >= 15 is 0 Å². The molecule has 2 N–H and O–H groups in total. The third-order valence-corrected chi connectivity index (χ3v) is 6.27. The summed E-state index contributed by atoms with van der Waals surface area (Å²) in [5.41, 5.74) is 3.63. The van der Waals surface area contributed by atoms with E-state index in [0.717, 1.165) is 23.0 Å². The first kappa shape index (κ1) is 28.6. The molecule has 202 valence electrons. The first-order valence-electron chi connectivity index (χ1n) is 11.6. The van der Waals surface area contributed by atoms with E-state index in [1.807, 2.05) is 30.3 Å². The van der Waals surface area contributed by atoms with Crippen molar-refractivity contribution in [3.05, 3.63) is 65.7 Å². The van der Waals surface area contributed by atoms with Crippen molar-refractivity contribution in [1.29, 1.82) is 0 Å². The maximum absolute atomic E-state index is 14.1. The van der Waals surface area contributed by atoms with Crippen molar-refractivity contribution in [2.45, 2.75) is 38.8 Å². The Morgan fingerprint density at radius 3 is 2.55 bits per heavy atom. The third kappa shape index (κ3) is 8.28. The van der Waals surface area contributed by atoms with Crippen molar-refractivity contribution in [3.63, 3.8) is 0 Å². The van der Waals surface area contributed by atoms with Crippen molar-refractivity contribution >= 4 is 34.4 Å². The van der Waals surface area contributed by atoms with E-state index in [0.29, 0.717) is 11.4 Å². The number of nitrogens with zero attached hydrogens (tertiary/aromatic N) is 3. The summed E-state index contributed by atoms with van der Waals surface area (Å²) in [6.07, 6.45) is -0.175. The molecule has 1 aromatic heterocycles. The van der Waals surface area contributed by atoms with Gasteiger partial charge in [0.1, 0.15) is 11.6 Å². The molecule has 0 unspecified atom stereocenters. The van der Waals surface area contributed by atoms with Crippen molar-refractivity contribution in [1.82, 2.24) is 20.6 Å². The van der Waals surface area contributed by atoms with Gasteiger partial charge in [-0.25, -0.2) is 19.0 Å². The normalized spacial score (nSPS) is 11.5. The number of ether oxygens (including phenoxy) is 2. The second-order valence-electron chi connectivity index (χ2n) is 8.06. The fourth-order valence-corrected chi connectivity index (χ4v) is 4.23. The summed E-state index contributed by atoms with van der Waals surface area (Å²) in [4.78, 5) is 36.4. The monoisotopic (exact) mass is 547 g/mol. The van der Waals surface area contributed by atoms with Crippen LogP contribution in [0.5, 0.6) is 0 Å². The molecule has 0 bridgehead atoms. The van der Waals surface area contributed by atoms with Crippen molar-refractivity contribution in [2.75, 3.05) is 19.0 Å². The van der Waals surface area contributed by atoms with E-state index in [1.54, 1.807) is 0 Å². The second-order valence-corrected chi connectivity index (χ2v) is 9.04. The molecule has 0 aliphatic heterocycles. The number of carbonyl (C=O) groups excluding carboxylic acids is 3. The number of carbonyl (C=O) groups is 3. The van der Waals surface area contributed by atoms with Crippen molar-refractivity contribution in [2.24, 2.45) is 0 Å². The quantitative estimate of drug-likeness (QED) is 0.254. The van der Waals surface area contributed by atoms with Gasteiger partial charge in [0.2, 0.25) is 11.0 Å². The molecule has 0 spiro atoms. The number of benzene rings is 2. The molecule has 0 fully saturated rings. The fraction of sp³-hybridized carbons (Fsp3) is 0.320. The molecule has 13 heteroatoms. The van der Waals surface area contributed by atoms with Crippen LogP contribution in [-0.4, -0.2) is 52.9 Å². The van der Waals surface area contributed by atoms with Gasteiger partial charge in [-0.05, 0) is 18.9 Å². The van der Waals surface area contributed by atoms with Crippen LogP contribution >= 0.6 is 11.3 Å². The Balaban J connectivity index is 1.64. The molecule has 0 saturated heterocycles. The number of rotatable bonds is 12. The van der Waals surface area contributed by atoms with Crippen LogP contribution in [0, 0.1) is 11.6 Å². The van der Waals surface area contributed by atoms with Crippen LogP contribution in [-0.2, 0) is 25.6 Å². The zero-order valence-corrected chi connectivity index (χ0v) is 21.6. The maximum Gasteiger partial charge on any atom is 0.413 e. The average molecular weight is 548 g/mol. The summed E-state index contributed by atoms with van der Waals surface area (Å²) in [5, 5.41) is 12.5. The molecular weight excluding hydrogens is 520 g/mol. The number of methoxy groups -OCH3 is 1. The summed E-state index contributed by atoms with van der Waals surface area (Å²) in [7, 11) is 1.26. The van der Waals surface area contributed by atoms with E-state index < -0.39 is 35.6 Å². The van der Waals surface area contributed by atoms with Gasteiger partial charge in [-0.3, -0.25) is 19.9 Å². The number of hydrazine groups is 1. The maximum atomic E-state index is 14.1. The Morgan fingerprint density at radius 2 is 1.84 bits per heavy atom. The van der Waals surface area contributed by atoms with Crippen LogP contribution < -0.4 is 10.7 Å². The largest absolute Gasteiger partial charge is 0.469 e. The standard InChI is InChI=1S/C25H27F2N5O5S/c1-16(33)32(28-14-18-10-6-12-20(26)22(18)27)19(11-7-13-21(34)36-2)15-37-25(35)29-24-31-30-23(38-24)17-8-4-3-5-9-17/h3-6,8-10,12,19,28H,7,11,13-15H2,1-2H3,(H,29,31,35)/t19-/m0/s1. The molecule has 3 aromatic rings. The third-order valence-electron chi connectivity index (χ3n) is 5.38. The molecule has 2 amide bonds. The van der Waals surface area contributed by atoms with E-state index in [9.17, 15) is 23.2 Å². The molecule has 10 nitrogen and oxygen atoms in total. The number of nitrogens with one attached hydrogen (secondary N) is 2. The van der Waals surface area contributed by atoms with Gasteiger partial charge in [-0.2, -0.15) is 0 Å². The lowest BCUT2D eigenvalue weighted by Gasteiger charge is -2.31. The molecule has 1 atom stereocenters. The van der Waals surface area contributed by atoms with Gasteiger partial charge < -0.3 is 9.47 Å². The minimum atomic E-state index is -1.03. The zero-order chi connectivity index (χ0) is 27.5. The van der Waals surface area contributed by atoms with Gasteiger partial charge in [0.15, 0.2) is 11.6 Å². The number of aromatic nitrogens is 2. The number of halogens is 2.